The second-order valence-electron chi connectivity index (χ2n) is 5.08. The number of quaternary nitrogens is 1. The summed E-state index contributed by atoms with van der Waals surface area (Å²) in [5.74, 6) is -0.683. The van der Waals surface area contributed by atoms with Gasteiger partial charge >= 0.3 is 0 Å². The van der Waals surface area contributed by atoms with E-state index < -0.39 is 5.91 Å². The summed E-state index contributed by atoms with van der Waals surface area (Å²) in [4.78, 5) is 23.4. The Morgan fingerprint density at radius 3 is 2.61 bits per heavy atom. The van der Waals surface area contributed by atoms with Gasteiger partial charge in [0.25, 0.3) is 11.8 Å². The van der Waals surface area contributed by atoms with Gasteiger partial charge in [-0.25, -0.2) is 0 Å². The molecule has 0 bridgehead atoms. The van der Waals surface area contributed by atoms with E-state index in [0.29, 0.717) is 10.6 Å². The molecule has 5 N–H and O–H groups in total. The Labute approximate surface area is 147 Å². The second-order valence-corrected chi connectivity index (χ2v) is 6.91. The van der Waals surface area contributed by atoms with Gasteiger partial charge in [0.15, 0.2) is 6.54 Å². The van der Waals surface area contributed by atoms with Gasteiger partial charge in [0.2, 0.25) is 0 Å². The van der Waals surface area contributed by atoms with Gasteiger partial charge in [-0.15, -0.1) is 11.3 Å². The van der Waals surface area contributed by atoms with Crippen molar-refractivity contribution in [3.63, 3.8) is 0 Å². The van der Waals surface area contributed by atoms with E-state index in [1.807, 2.05) is 17.4 Å². The first-order valence-corrected chi connectivity index (χ1v) is 8.94. The third kappa shape index (κ3) is 4.89. The van der Waals surface area contributed by atoms with Crippen molar-refractivity contribution in [3.05, 3.63) is 51.3 Å². The molecule has 0 fully saturated rings. The standard InChI is InChI=1S/C16H18BrN3O2S/c1-2-13(10-3-5-11(17)6-4-10)19-9-14(21)20-16-12(15(18)22)7-8-23-16/h3-8,13,19H,2,9H2,1H3,(H2,18,22)(H,20,21)/p+1/t13-/m0/s1. The van der Waals surface area contributed by atoms with Crippen molar-refractivity contribution in [2.75, 3.05) is 11.9 Å². The molecule has 7 heteroatoms. The molecule has 0 saturated heterocycles. The van der Waals surface area contributed by atoms with Gasteiger partial charge in [0.05, 0.1) is 5.56 Å². The zero-order chi connectivity index (χ0) is 16.8. The molecule has 0 radical (unpaired) electrons. The molecule has 0 spiro atoms. The fraction of sp³-hybridized carbons (Fsp3) is 0.250. The first-order chi connectivity index (χ1) is 11.0. The minimum absolute atomic E-state index is 0.148. The zero-order valence-electron chi connectivity index (χ0n) is 12.7. The van der Waals surface area contributed by atoms with Crippen molar-refractivity contribution in [2.45, 2.75) is 19.4 Å². The number of nitrogens with two attached hydrogens (primary N) is 2. The van der Waals surface area contributed by atoms with Gasteiger partial charge < -0.3 is 16.4 Å². The number of benzene rings is 1. The van der Waals surface area contributed by atoms with Gasteiger partial charge in [0, 0.05) is 16.5 Å². The lowest BCUT2D eigenvalue weighted by Gasteiger charge is -2.14. The first-order valence-electron chi connectivity index (χ1n) is 7.27. The summed E-state index contributed by atoms with van der Waals surface area (Å²) in [5, 5.41) is 6.99. The molecule has 2 amide bonds. The summed E-state index contributed by atoms with van der Waals surface area (Å²) in [5.41, 5.74) is 6.80. The number of hydrogen-bond acceptors (Lipinski definition) is 3. The zero-order valence-corrected chi connectivity index (χ0v) is 15.1. The van der Waals surface area contributed by atoms with E-state index in [0.717, 1.165) is 10.9 Å². The number of rotatable bonds is 7. The van der Waals surface area contributed by atoms with E-state index in [-0.39, 0.29) is 18.5 Å². The molecule has 0 aliphatic rings. The third-order valence-corrected chi connectivity index (χ3v) is 4.87. The summed E-state index contributed by atoms with van der Waals surface area (Å²) >= 11 is 4.71. The van der Waals surface area contributed by atoms with Crippen LogP contribution >= 0.6 is 27.3 Å². The number of carbonyl (C=O) groups excluding carboxylic acids is 2. The maximum Gasteiger partial charge on any atom is 0.280 e. The Kier molecular flexibility index (Phi) is 6.32. The molecule has 0 aliphatic carbocycles. The summed E-state index contributed by atoms with van der Waals surface area (Å²) in [7, 11) is 0. The Morgan fingerprint density at radius 1 is 1.30 bits per heavy atom. The SMILES string of the molecule is CC[C@H]([NH2+]CC(=O)Nc1sccc1C(N)=O)c1ccc(Br)cc1. The normalized spacial score (nSPS) is 11.9. The van der Waals surface area contributed by atoms with Crippen LogP contribution in [0.3, 0.4) is 0 Å². The lowest BCUT2D eigenvalue weighted by atomic mass is 10.0. The van der Waals surface area contributed by atoms with Crippen LogP contribution in [0.15, 0.2) is 40.2 Å². The van der Waals surface area contributed by atoms with Crippen molar-refractivity contribution in [1.82, 2.24) is 0 Å². The highest BCUT2D eigenvalue weighted by Crippen LogP contribution is 2.22. The smallest absolute Gasteiger partial charge is 0.280 e. The van der Waals surface area contributed by atoms with E-state index in [1.165, 1.54) is 16.9 Å². The van der Waals surface area contributed by atoms with E-state index in [1.54, 1.807) is 11.4 Å². The average molecular weight is 397 g/mol. The number of thiophene rings is 1. The largest absolute Gasteiger partial charge is 0.366 e. The molecular weight excluding hydrogens is 378 g/mol. The molecule has 0 aliphatic heterocycles. The molecule has 1 atom stereocenters. The van der Waals surface area contributed by atoms with Gasteiger partial charge in [-0.3, -0.25) is 9.59 Å². The number of halogens is 1. The van der Waals surface area contributed by atoms with Crippen molar-refractivity contribution in [2.24, 2.45) is 5.73 Å². The van der Waals surface area contributed by atoms with Gasteiger partial charge in [-0.1, -0.05) is 35.0 Å². The predicted molar refractivity (Wildman–Crippen MR) is 95.4 cm³/mol. The molecule has 122 valence electrons. The molecule has 2 aromatic rings. The van der Waals surface area contributed by atoms with Crippen molar-refractivity contribution >= 4 is 44.1 Å². The summed E-state index contributed by atoms with van der Waals surface area (Å²) in [6.07, 6.45) is 0.917. The number of amides is 2. The monoisotopic (exact) mass is 396 g/mol. The van der Waals surface area contributed by atoms with Crippen LogP contribution in [0.4, 0.5) is 5.00 Å². The second kappa shape index (κ2) is 8.24. The lowest BCUT2D eigenvalue weighted by Crippen LogP contribution is -2.87. The lowest BCUT2D eigenvalue weighted by molar-refractivity contribution is -0.686. The highest BCUT2D eigenvalue weighted by Gasteiger charge is 2.17. The highest BCUT2D eigenvalue weighted by atomic mass is 79.9. The van der Waals surface area contributed by atoms with E-state index in [2.05, 4.69) is 40.3 Å². The summed E-state index contributed by atoms with van der Waals surface area (Å²) in [6.45, 7) is 2.37. The van der Waals surface area contributed by atoms with Crippen LogP contribution < -0.4 is 16.4 Å². The fourth-order valence-corrected chi connectivity index (χ4v) is 3.35. The summed E-state index contributed by atoms with van der Waals surface area (Å²) in [6, 6.07) is 9.93. The number of nitrogens with one attached hydrogen (secondary N) is 1. The minimum Gasteiger partial charge on any atom is -0.366 e. The topological polar surface area (TPSA) is 88.8 Å². The molecule has 1 aromatic carbocycles. The molecule has 1 heterocycles. The van der Waals surface area contributed by atoms with E-state index >= 15 is 0 Å². The van der Waals surface area contributed by atoms with Gasteiger partial charge in [-0.2, -0.15) is 0 Å². The first kappa shape index (κ1) is 17.7. The Balaban J connectivity index is 1.93. The van der Waals surface area contributed by atoms with E-state index in [4.69, 9.17) is 5.73 Å². The van der Waals surface area contributed by atoms with Gasteiger partial charge in [0.1, 0.15) is 11.0 Å². The average Bonchev–Trinajstić information content (AvgIpc) is 2.98. The quantitative estimate of drug-likeness (QED) is 0.669. The number of primary amides is 1. The van der Waals surface area contributed by atoms with Crippen LogP contribution in [-0.2, 0) is 4.79 Å². The fourth-order valence-electron chi connectivity index (χ4n) is 2.28. The van der Waals surface area contributed by atoms with Crippen LogP contribution in [0.25, 0.3) is 0 Å². The van der Waals surface area contributed by atoms with Crippen LogP contribution in [0.5, 0.6) is 0 Å². The molecule has 1 aromatic heterocycles. The van der Waals surface area contributed by atoms with Crippen LogP contribution in [0, 0.1) is 0 Å². The van der Waals surface area contributed by atoms with E-state index in [9.17, 15) is 9.59 Å². The number of carbonyl (C=O) groups is 2. The molecule has 2 rings (SSSR count). The van der Waals surface area contributed by atoms with Crippen LogP contribution in [0.1, 0.15) is 35.3 Å². The third-order valence-electron chi connectivity index (χ3n) is 3.51. The molecule has 5 nitrogen and oxygen atoms in total. The summed E-state index contributed by atoms with van der Waals surface area (Å²) < 4.78 is 1.03. The maximum absolute atomic E-state index is 12.1. The Morgan fingerprint density at radius 2 is 2.00 bits per heavy atom. The van der Waals surface area contributed by atoms with Crippen molar-refractivity contribution < 1.29 is 14.9 Å². The molecular formula is C16H19BrN3O2S+. The van der Waals surface area contributed by atoms with Crippen molar-refractivity contribution in [1.29, 1.82) is 0 Å². The number of anilines is 1. The number of hydrogen-bond donors (Lipinski definition) is 3. The van der Waals surface area contributed by atoms with Crippen LogP contribution in [-0.4, -0.2) is 18.4 Å². The Bertz CT molecular complexity index is 685. The minimum atomic E-state index is -0.535. The molecule has 23 heavy (non-hydrogen) atoms. The predicted octanol–water partition coefficient (Wildman–Crippen LogP) is 2.26. The van der Waals surface area contributed by atoms with Crippen molar-refractivity contribution in [3.8, 4) is 0 Å². The van der Waals surface area contributed by atoms with Crippen LogP contribution in [0.2, 0.25) is 0 Å². The Hall–Kier alpha value is -1.70. The molecule has 0 unspecified atom stereocenters. The maximum atomic E-state index is 12.1. The molecule has 0 saturated carbocycles. The van der Waals surface area contributed by atoms with Gasteiger partial charge in [-0.05, 0) is 23.6 Å². The highest BCUT2D eigenvalue weighted by molar-refractivity contribution is 9.10.